The molecule has 0 spiro atoms. The van der Waals surface area contributed by atoms with Crippen LogP contribution in [0.25, 0.3) is 17.2 Å². The highest BCUT2D eigenvalue weighted by Crippen LogP contribution is 2.30. The summed E-state index contributed by atoms with van der Waals surface area (Å²) in [6.07, 6.45) is 4.82. The molecule has 0 atom stereocenters. The Hall–Kier alpha value is -3.92. The number of ether oxygens (including phenoxy) is 2. The van der Waals surface area contributed by atoms with Gasteiger partial charge in [0.15, 0.2) is 11.0 Å². The van der Waals surface area contributed by atoms with E-state index in [1.165, 1.54) is 18.9 Å². The molecule has 0 saturated carbocycles. The van der Waals surface area contributed by atoms with Crippen LogP contribution in [0.5, 0.6) is 11.5 Å². The largest absolute Gasteiger partial charge is 0.497 e. The van der Waals surface area contributed by atoms with Gasteiger partial charge in [-0.2, -0.15) is 0 Å². The van der Waals surface area contributed by atoms with E-state index in [0.717, 1.165) is 5.69 Å². The van der Waals surface area contributed by atoms with Gasteiger partial charge in [0, 0.05) is 24.1 Å². The molecule has 1 N–H and O–H groups in total. The van der Waals surface area contributed by atoms with E-state index in [0.29, 0.717) is 33.9 Å². The fraction of sp³-hybridized carbons (Fsp3) is 0.136. The first-order valence-corrected chi connectivity index (χ1v) is 10.6. The number of anilines is 1. The van der Waals surface area contributed by atoms with Crippen LogP contribution in [0.1, 0.15) is 0 Å². The third kappa shape index (κ3) is 4.70. The van der Waals surface area contributed by atoms with Crippen LogP contribution in [0, 0.1) is 0 Å². The minimum atomic E-state index is -0.206. The summed E-state index contributed by atoms with van der Waals surface area (Å²) < 4.78 is 12.4. The monoisotopic (exact) mass is 448 g/mol. The average molecular weight is 449 g/mol. The van der Waals surface area contributed by atoms with E-state index in [4.69, 9.17) is 9.47 Å². The number of carbonyl (C=O) groups excluding carboxylic acids is 1. The lowest BCUT2D eigenvalue weighted by molar-refractivity contribution is -0.113. The van der Waals surface area contributed by atoms with Crippen molar-refractivity contribution in [1.29, 1.82) is 0 Å². The Bertz CT molecular complexity index is 1200. The predicted octanol–water partition coefficient (Wildman–Crippen LogP) is 3.47. The summed E-state index contributed by atoms with van der Waals surface area (Å²) in [5.41, 5.74) is 2.00. The van der Waals surface area contributed by atoms with Crippen LogP contribution in [0.2, 0.25) is 0 Å². The molecule has 2 aromatic carbocycles. The molecule has 0 aliphatic rings. The van der Waals surface area contributed by atoms with Gasteiger partial charge < -0.3 is 14.8 Å². The second kappa shape index (κ2) is 9.92. The van der Waals surface area contributed by atoms with Crippen LogP contribution in [0.15, 0.2) is 72.3 Å². The van der Waals surface area contributed by atoms with Crippen molar-refractivity contribution < 1.29 is 14.3 Å². The zero-order valence-electron chi connectivity index (χ0n) is 17.4. The number of nitrogens with zero attached hydrogens (tertiary/aromatic N) is 5. The number of thioether (sulfide) groups is 1. The Morgan fingerprint density at radius 3 is 2.62 bits per heavy atom. The van der Waals surface area contributed by atoms with E-state index >= 15 is 0 Å². The van der Waals surface area contributed by atoms with Gasteiger partial charge >= 0.3 is 0 Å². The molecule has 0 fully saturated rings. The smallest absolute Gasteiger partial charge is 0.234 e. The van der Waals surface area contributed by atoms with Crippen molar-refractivity contribution in [2.75, 3.05) is 25.3 Å². The first kappa shape index (κ1) is 21.3. The molecular formula is C22H20N6O3S. The van der Waals surface area contributed by atoms with Crippen LogP contribution < -0.4 is 14.8 Å². The summed E-state index contributed by atoms with van der Waals surface area (Å²) >= 11 is 1.27. The molecule has 32 heavy (non-hydrogen) atoms. The minimum absolute atomic E-state index is 0.126. The molecule has 10 heteroatoms. The normalized spacial score (nSPS) is 10.6. The lowest BCUT2D eigenvalue weighted by Gasteiger charge is -2.12. The third-order valence-electron chi connectivity index (χ3n) is 4.46. The molecule has 4 rings (SSSR count). The second-order valence-electron chi connectivity index (χ2n) is 6.47. The molecule has 9 nitrogen and oxygen atoms in total. The van der Waals surface area contributed by atoms with Crippen molar-refractivity contribution in [3.63, 3.8) is 0 Å². The molecule has 1 amide bonds. The number of hydrogen-bond acceptors (Lipinski definition) is 8. The number of nitrogens with one attached hydrogen (secondary N) is 1. The fourth-order valence-electron chi connectivity index (χ4n) is 2.97. The fourth-order valence-corrected chi connectivity index (χ4v) is 3.72. The summed E-state index contributed by atoms with van der Waals surface area (Å²) in [5.74, 6) is 1.62. The summed E-state index contributed by atoms with van der Waals surface area (Å²) in [5, 5.41) is 12.0. The molecule has 2 heterocycles. The van der Waals surface area contributed by atoms with Crippen LogP contribution >= 0.6 is 11.8 Å². The van der Waals surface area contributed by atoms with Gasteiger partial charge in [-0.15, -0.1) is 10.2 Å². The molecule has 0 aliphatic carbocycles. The van der Waals surface area contributed by atoms with Crippen molar-refractivity contribution in [2.45, 2.75) is 5.16 Å². The predicted molar refractivity (Wildman–Crippen MR) is 121 cm³/mol. The lowest BCUT2D eigenvalue weighted by atomic mass is 10.2. The van der Waals surface area contributed by atoms with Crippen molar-refractivity contribution in [2.24, 2.45) is 0 Å². The van der Waals surface area contributed by atoms with E-state index in [1.807, 2.05) is 34.9 Å². The number of rotatable bonds is 8. The van der Waals surface area contributed by atoms with Crippen LogP contribution in [-0.4, -0.2) is 50.6 Å². The summed E-state index contributed by atoms with van der Waals surface area (Å²) in [6, 6.07) is 14.9. The van der Waals surface area contributed by atoms with Gasteiger partial charge in [-0.1, -0.05) is 30.0 Å². The van der Waals surface area contributed by atoms with Gasteiger partial charge in [0.05, 0.1) is 31.9 Å². The first-order chi connectivity index (χ1) is 15.7. The van der Waals surface area contributed by atoms with Gasteiger partial charge in [-0.05, 0) is 24.3 Å². The average Bonchev–Trinajstić information content (AvgIpc) is 3.28. The highest BCUT2D eigenvalue weighted by atomic mass is 32.2. The first-order valence-electron chi connectivity index (χ1n) is 9.61. The summed E-state index contributed by atoms with van der Waals surface area (Å²) in [7, 11) is 3.11. The topological polar surface area (TPSA) is 104 Å². The molecule has 0 aliphatic heterocycles. The summed E-state index contributed by atoms with van der Waals surface area (Å²) in [4.78, 5) is 21.1. The molecule has 4 aromatic rings. The van der Waals surface area contributed by atoms with Gasteiger partial charge in [0.25, 0.3) is 0 Å². The quantitative estimate of drug-likeness (QED) is 0.409. The number of para-hydroxylation sites is 1. The highest BCUT2D eigenvalue weighted by Gasteiger charge is 2.18. The van der Waals surface area contributed by atoms with Crippen LogP contribution in [0.3, 0.4) is 0 Å². The number of carbonyl (C=O) groups is 1. The van der Waals surface area contributed by atoms with Crippen molar-refractivity contribution >= 4 is 23.4 Å². The zero-order valence-corrected chi connectivity index (χ0v) is 18.2. The van der Waals surface area contributed by atoms with Crippen molar-refractivity contribution in [3.8, 4) is 28.7 Å². The maximum atomic E-state index is 12.6. The van der Waals surface area contributed by atoms with E-state index < -0.39 is 0 Å². The van der Waals surface area contributed by atoms with Crippen LogP contribution in [0.4, 0.5) is 5.69 Å². The van der Waals surface area contributed by atoms with Gasteiger partial charge in [0.2, 0.25) is 5.91 Å². The van der Waals surface area contributed by atoms with Gasteiger partial charge in [-0.25, -0.2) is 4.98 Å². The van der Waals surface area contributed by atoms with E-state index in [-0.39, 0.29) is 11.7 Å². The SMILES string of the molecule is COc1ccc(NC(=O)CSc2nnc(-c3cnccn3)n2-c2ccccc2)c(OC)c1. The molecule has 162 valence electrons. The van der Waals surface area contributed by atoms with E-state index in [1.54, 1.807) is 43.9 Å². The molecule has 0 radical (unpaired) electrons. The maximum absolute atomic E-state index is 12.6. The Morgan fingerprint density at radius 2 is 1.91 bits per heavy atom. The summed E-state index contributed by atoms with van der Waals surface area (Å²) in [6.45, 7) is 0. The molecule has 0 unspecified atom stereocenters. The number of benzene rings is 2. The third-order valence-corrected chi connectivity index (χ3v) is 5.38. The number of amides is 1. The number of hydrogen-bond donors (Lipinski definition) is 1. The Kier molecular flexibility index (Phi) is 6.61. The van der Waals surface area contributed by atoms with Crippen molar-refractivity contribution in [1.82, 2.24) is 24.7 Å². The molecule has 2 aromatic heterocycles. The Labute approximate surface area is 188 Å². The molecular weight excluding hydrogens is 428 g/mol. The number of aromatic nitrogens is 5. The maximum Gasteiger partial charge on any atom is 0.234 e. The second-order valence-corrected chi connectivity index (χ2v) is 7.41. The molecule has 0 bridgehead atoms. The van der Waals surface area contributed by atoms with Gasteiger partial charge in [0.1, 0.15) is 17.2 Å². The highest BCUT2D eigenvalue weighted by molar-refractivity contribution is 7.99. The molecule has 0 saturated heterocycles. The van der Waals surface area contributed by atoms with Gasteiger partial charge in [-0.3, -0.25) is 14.3 Å². The van der Waals surface area contributed by atoms with E-state index in [2.05, 4.69) is 25.5 Å². The zero-order chi connectivity index (χ0) is 22.3. The van der Waals surface area contributed by atoms with E-state index in [9.17, 15) is 4.79 Å². The Balaban J connectivity index is 1.55. The minimum Gasteiger partial charge on any atom is -0.497 e. The Morgan fingerprint density at radius 1 is 1.06 bits per heavy atom. The lowest BCUT2D eigenvalue weighted by Crippen LogP contribution is -2.15. The van der Waals surface area contributed by atoms with Crippen LogP contribution in [-0.2, 0) is 4.79 Å². The van der Waals surface area contributed by atoms with Crippen molar-refractivity contribution in [3.05, 3.63) is 67.1 Å². The standard InChI is InChI=1S/C22H20N6O3S/c1-30-16-8-9-17(19(12-16)31-2)25-20(29)14-32-22-27-26-21(18-13-23-10-11-24-18)28(22)15-6-4-3-5-7-15/h3-13H,14H2,1-2H3,(H,25,29). The number of methoxy groups -OCH3 is 2.